The molecule has 0 unspecified atom stereocenters. The first-order valence-electron chi connectivity index (χ1n) is 8.74. The average molecular weight is 343 g/mol. The summed E-state index contributed by atoms with van der Waals surface area (Å²) in [7, 11) is 1.85. The summed E-state index contributed by atoms with van der Waals surface area (Å²) < 4.78 is 1.72. The fourth-order valence-corrected chi connectivity index (χ4v) is 3.23. The zero-order valence-electron chi connectivity index (χ0n) is 14.7. The molecule has 2 aromatic rings. The van der Waals surface area contributed by atoms with Crippen molar-refractivity contribution in [2.75, 3.05) is 12.4 Å². The molecule has 1 heterocycles. The van der Waals surface area contributed by atoms with Crippen LogP contribution in [-0.4, -0.2) is 50.3 Å². The van der Waals surface area contributed by atoms with Gasteiger partial charge in [-0.05, 0) is 55.2 Å². The summed E-state index contributed by atoms with van der Waals surface area (Å²) in [5, 5.41) is 14.7. The Hall–Kier alpha value is -2.48. The Morgan fingerprint density at radius 1 is 1.36 bits per heavy atom. The Morgan fingerprint density at radius 2 is 2.12 bits per heavy atom. The van der Waals surface area contributed by atoms with E-state index in [0.717, 1.165) is 36.9 Å². The van der Waals surface area contributed by atoms with E-state index in [4.69, 9.17) is 5.73 Å². The predicted octanol–water partition coefficient (Wildman–Crippen LogP) is 2.09. The lowest BCUT2D eigenvalue weighted by Gasteiger charge is -2.33. The molecule has 8 nitrogen and oxygen atoms in total. The van der Waals surface area contributed by atoms with Crippen molar-refractivity contribution in [1.82, 2.24) is 25.1 Å². The largest absolute Gasteiger partial charge is 0.328 e. The quantitative estimate of drug-likeness (QED) is 0.885. The number of aromatic nitrogens is 4. The molecule has 3 rings (SSSR count). The highest BCUT2D eigenvalue weighted by atomic mass is 16.2. The van der Waals surface area contributed by atoms with E-state index in [9.17, 15) is 4.79 Å². The molecule has 1 aromatic carbocycles. The zero-order valence-corrected chi connectivity index (χ0v) is 14.7. The van der Waals surface area contributed by atoms with Crippen LogP contribution in [0.25, 0.3) is 11.4 Å². The van der Waals surface area contributed by atoms with Gasteiger partial charge >= 0.3 is 6.03 Å². The summed E-state index contributed by atoms with van der Waals surface area (Å²) in [6.45, 7) is 2.67. The van der Waals surface area contributed by atoms with Gasteiger partial charge in [-0.25, -0.2) is 9.48 Å². The number of nitrogens with zero attached hydrogens (tertiary/aromatic N) is 5. The number of carbonyl (C=O) groups is 1. The molecule has 0 radical (unpaired) electrons. The first kappa shape index (κ1) is 17.3. The molecular formula is C17H25N7O. The molecule has 3 N–H and O–H groups in total. The molecule has 1 aliphatic rings. The van der Waals surface area contributed by atoms with E-state index in [-0.39, 0.29) is 18.1 Å². The van der Waals surface area contributed by atoms with Crippen molar-refractivity contribution in [3.8, 4) is 11.4 Å². The Kier molecular flexibility index (Phi) is 5.28. The second-order valence-corrected chi connectivity index (χ2v) is 6.51. The molecule has 2 amide bonds. The number of anilines is 1. The SMILES string of the molecule is CCn1nnnc1-c1cccc(NC(=O)N(C)C2CCC(N)CC2)c1. The zero-order chi connectivity index (χ0) is 17.8. The fraction of sp³-hybridized carbons (Fsp3) is 0.529. The van der Waals surface area contributed by atoms with Crippen molar-refractivity contribution < 1.29 is 4.79 Å². The van der Waals surface area contributed by atoms with Gasteiger partial charge in [0.1, 0.15) is 0 Å². The molecule has 0 spiro atoms. The van der Waals surface area contributed by atoms with Crippen molar-refractivity contribution in [1.29, 1.82) is 0 Å². The van der Waals surface area contributed by atoms with Crippen molar-refractivity contribution in [3.05, 3.63) is 24.3 Å². The van der Waals surface area contributed by atoms with Crippen LogP contribution in [0.5, 0.6) is 0 Å². The number of tetrazole rings is 1. The van der Waals surface area contributed by atoms with Crippen molar-refractivity contribution in [2.24, 2.45) is 5.73 Å². The molecule has 0 saturated heterocycles. The Morgan fingerprint density at radius 3 is 2.84 bits per heavy atom. The molecule has 134 valence electrons. The Bertz CT molecular complexity index is 721. The number of aryl methyl sites for hydroxylation is 1. The van der Waals surface area contributed by atoms with Gasteiger partial charge in [-0.1, -0.05) is 12.1 Å². The summed E-state index contributed by atoms with van der Waals surface area (Å²) in [5.74, 6) is 0.688. The maximum atomic E-state index is 12.6. The first-order valence-corrected chi connectivity index (χ1v) is 8.74. The van der Waals surface area contributed by atoms with Crippen LogP contribution >= 0.6 is 0 Å². The minimum Gasteiger partial charge on any atom is -0.328 e. The van der Waals surface area contributed by atoms with E-state index in [2.05, 4.69) is 20.8 Å². The van der Waals surface area contributed by atoms with Gasteiger partial charge < -0.3 is 16.0 Å². The average Bonchev–Trinajstić information content (AvgIpc) is 3.11. The second kappa shape index (κ2) is 7.60. The molecule has 1 aliphatic carbocycles. The Balaban J connectivity index is 1.68. The number of amides is 2. The van der Waals surface area contributed by atoms with Gasteiger partial charge in [0.2, 0.25) is 0 Å². The number of rotatable bonds is 4. The monoisotopic (exact) mass is 343 g/mol. The van der Waals surface area contributed by atoms with Gasteiger partial charge in [0, 0.05) is 36.9 Å². The number of hydrogen-bond acceptors (Lipinski definition) is 5. The highest BCUT2D eigenvalue weighted by Crippen LogP contribution is 2.23. The molecule has 25 heavy (non-hydrogen) atoms. The van der Waals surface area contributed by atoms with Crippen LogP contribution in [0, 0.1) is 0 Å². The van der Waals surface area contributed by atoms with E-state index < -0.39 is 0 Å². The van der Waals surface area contributed by atoms with Crippen molar-refractivity contribution >= 4 is 11.7 Å². The van der Waals surface area contributed by atoms with Crippen LogP contribution in [0.1, 0.15) is 32.6 Å². The topological polar surface area (TPSA) is 102 Å². The molecule has 0 bridgehead atoms. The minimum absolute atomic E-state index is 0.104. The third-order valence-electron chi connectivity index (χ3n) is 4.81. The molecule has 1 fully saturated rings. The highest BCUT2D eigenvalue weighted by Gasteiger charge is 2.25. The van der Waals surface area contributed by atoms with Crippen LogP contribution < -0.4 is 11.1 Å². The fourth-order valence-electron chi connectivity index (χ4n) is 3.23. The number of nitrogens with one attached hydrogen (secondary N) is 1. The van der Waals surface area contributed by atoms with Crippen molar-refractivity contribution in [3.63, 3.8) is 0 Å². The number of benzene rings is 1. The van der Waals surface area contributed by atoms with E-state index in [0.29, 0.717) is 12.4 Å². The van der Waals surface area contributed by atoms with Crippen LogP contribution in [0.2, 0.25) is 0 Å². The van der Waals surface area contributed by atoms with E-state index in [1.165, 1.54) is 0 Å². The lowest BCUT2D eigenvalue weighted by Crippen LogP contribution is -2.43. The normalized spacial score (nSPS) is 20.3. The lowest BCUT2D eigenvalue weighted by atomic mass is 9.91. The molecule has 1 saturated carbocycles. The first-order chi connectivity index (χ1) is 12.1. The standard InChI is InChI=1S/C17H25N7O/c1-3-24-16(20-21-22-24)12-5-4-6-14(11-12)19-17(25)23(2)15-9-7-13(18)8-10-15/h4-6,11,13,15H,3,7-10,18H2,1-2H3,(H,19,25). The van der Waals surface area contributed by atoms with Crippen LogP contribution in [0.15, 0.2) is 24.3 Å². The van der Waals surface area contributed by atoms with E-state index >= 15 is 0 Å². The number of carbonyl (C=O) groups excluding carboxylic acids is 1. The number of hydrogen-bond donors (Lipinski definition) is 2. The van der Waals surface area contributed by atoms with E-state index in [1.807, 2.05) is 38.2 Å². The van der Waals surface area contributed by atoms with Gasteiger partial charge in [-0.3, -0.25) is 0 Å². The van der Waals surface area contributed by atoms with Gasteiger partial charge in [0.25, 0.3) is 0 Å². The number of nitrogens with two attached hydrogens (primary N) is 1. The second-order valence-electron chi connectivity index (χ2n) is 6.51. The summed E-state index contributed by atoms with van der Waals surface area (Å²) >= 11 is 0. The third-order valence-corrected chi connectivity index (χ3v) is 4.81. The summed E-state index contributed by atoms with van der Waals surface area (Å²) in [4.78, 5) is 14.3. The van der Waals surface area contributed by atoms with E-state index in [1.54, 1.807) is 9.58 Å². The van der Waals surface area contributed by atoms with Gasteiger partial charge in [0.05, 0.1) is 0 Å². The highest BCUT2D eigenvalue weighted by molar-refractivity contribution is 5.90. The molecule has 8 heteroatoms. The smallest absolute Gasteiger partial charge is 0.321 e. The lowest BCUT2D eigenvalue weighted by molar-refractivity contribution is 0.182. The van der Waals surface area contributed by atoms with Crippen LogP contribution in [0.3, 0.4) is 0 Å². The minimum atomic E-state index is -0.104. The van der Waals surface area contributed by atoms with Gasteiger partial charge in [0.15, 0.2) is 5.82 Å². The maximum absolute atomic E-state index is 12.6. The van der Waals surface area contributed by atoms with Gasteiger partial charge in [-0.2, -0.15) is 0 Å². The van der Waals surface area contributed by atoms with Crippen LogP contribution in [0.4, 0.5) is 10.5 Å². The summed E-state index contributed by atoms with van der Waals surface area (Å²) in [6, 6.07) is 7.99. The van der Waals surface area contributed by atoms with Crippen molar-refractivity contribution in [2.45, 2.75) is 51.2 Å². The third kappa shape index (κ3) is 3.96. The predicted molar refractivity (Wildman–Crippen MR) is 95.9 cm³/mol. The molecule has 0 atom stereocenters. The van der Waals surface area contributed by atoms with Gasteiger partial charge in [-0.15, -0.1) is 5.10 Å². The summed E-state index contributed by atoms with van der Waals surface area (Å²) in [5.41, 5.74) is 7.55. The summed E-state index contributed by atoms with van der Waals surface area (Å²) in [6.07, 6.45) is 3.85. The Labute approximate surface area is 147 Å². The number of urea groups is 1. The maximum Gasteiger partial charge on any atom is 0.321 e. The molecule has 1 aromatic heterocycles. The van der Waals surface area contributed by atoms with Crippen LogP contribution in [-0.2, 0) is 6.54 Å². The molecule has 0 aliphatic heterocycles. The molecular weight excluding hydrogens is 318 g/mol.